The molecule has 1 fully saturated rings. The van der Waals surface area contributed by atoms with Gasteiger partial charge in [-0.3, -0.25) is 4.79 Å². The predicted molar refractivity (Wildman–Crippen MR) is 74.7 cm³/mol. The van der Waals surface area contributed by atoms with Gasteiger partial charge in [-0.15, -0.1) is 11.3 Å². The van der Waals surface area contributed by atoms with Crippen molar-refractivity contribution in [3.8, 4) is 0 Å². The van der Waals surface area contributed by atoms with Crippen molar-refractivity contribution in [3.63, 3.8) is 0 Å². The third-order valence-corrected chi connectivity index (χ3v) is 5.75. The maximum absolute atomic E-state index is 11.6. The Labute approximate surface area is 113 Å². The molecule has 1 N–H and O–H groups in total. The Kier molecular flexibility index (Phi) is 3.18. The van der Waals surface area contributed by atoms with Crippen LogP contribution in [0.15, 0.2) is 11.4 Å². The van der Waals surface area contributed by atoms with Crippen molar-refractivity contribution < 1.29 is 4.79 Å². The number of carbonyl (C=O) groups is 1. The van der Waals surface area contributed by atoms with Gasteiger partial charge in [-0.25, -0.2) is 0 Å². The highest BCUT2D eigenvalue weighted by atomic mass is 32.1. The highest BCUT2D eigenvalue weighted by Gasteiger charge is 2.44. The highest BCUT2D eigenvalue weighted by Crippen LogP contribution is 2.53. The van der Waals surface area contributed by atoms with Crippen LogP contribution in [0.5, 0.6) is 0 Å². The monoisotopic (exact) mass is 263 g/mol. The number of rotatable bonds is 1. The summed E-state index contributed by atoms with van der Waals surface area (Å²) in [4.78, 5) is 13.1. The molecule has 0 aliphatic heterocycles. The van der Waals surface area contributed by atoms with E-state index in [4.69, 9.17) is 0 Å². The molecule has 1 aromatic heterocycles. The molecule has 1 aromatic rings. The number of thiophene rings is 1. The van der Waals surface area contributed by atoms with Gasteiger partial charge in [0.2, 0.25) is 5.91 Å². The van der Waals surface area contributed by atoms with Gasteiger partial charge in [-0.05, 0) is 48.1 Å². The molecular formula is C15H21NOS. The lowest BCUT2D eigenvalue weighted by Crippen LogP contribution is -2.44. The summed E-state index contributed by atoms with van der Waals surface area (Å²) in [5.74, 6) is 0.115. The molecule has 1 saturated carbocycles. The molecule has 0 bridgehead atoms. The largest absolute Gasteiger partial charge is 0.349 e. The van der Waals surface area contributed by atoms with Gasteiger partial charge in [-0.1, -0.05) is 19.3 Å². The molecule has 2 aliphatic rings. The molecule has 1 heterocycles. The normalized spacial score (nSPS) is 25.7. The van der Waals surface area contributed by atoms with Crippen LogP contribution in [0, 0.1) is 5.41 Å². The van der Waals surface area contributed by atoms with Gasteiger partial charge in [0.15, 0.2) is 0 Å². The van der Waals surface area contributed by atoms with Crippen LogP contribution in [0.25, 0.3) is 0 Å². The molecule has 2 nitrogen and oxygen atoms in total. The van der Waals surface area contributed by atoms with Crippen LogP contribution in [0.4, 0.5) is 0 Å². The van der Waals surface area contributed by atoms with E-state index in [1.54, 1.807) is 6.92 Å². The van der Waals surface area contributed by atoms with E-state index in [0.717, 1.165) is 0 Å². The molecule has 0 aromatic carbocycles. The van der Waals surface area contributed by atoms with Crippen molar-refractivity contribution in [2.24, 2.45) is 5.41 Å². The van der Waals surface area contributed by atoms with Gasteiger partial charge in [0, 0.05) is 11.8 Å². The lowest BCUT2D eigenvalue weighted by atomic mass is 9.62. The topological polar surface area (TPSA) is 29.1 Å². The van der Waals surface area contributed by atoms with Crippen molar-refractivity contribution in [1.29, 1.82) is 0 Å². The number of aryl methyl sites for hydroxylation is 1. The van der Waals surface area contributed by atoms with E-state index < -0.39 is 0 Å². The zero-order valence-electron chi connectivity index (χ0n) is 11.0. The Hall–Kier alpha value is -0.830. The van der Waals surface area contributed by atoms with Gasteiger partial charge < -0.3 is 5.32 Å². The fourth-order valence-corrected chi connectivity index (χ4v) is 4.80. The van der Waals surface area contributed by atoms with Crippen LogP contribution >= 0.6 is 11.3 Å². The van der Waals surface area contributed by atoms with Crippen molar-refractivity contribution in [2.45, 2.75) is 57.9 Å². The number of fused-ring (bicyclic) bond motifs is 1. The summed E-state index contributed by atoms with van der Waals surface area (Å²) in [6, 6.07) is 2.50. The molecule has 0 radical (unpaired) electrons. The van der Waals surface area contributed by atoms with Crippen LogP contribution < -0.4 is 5.32 Å². The predicted octanol–water partition coefficient (Wildman–Crippen LogP) is 3.82. The van der Waals surface area contributed by atoms with E-state index in [1.165, 1.54) is 55.4 Å². The first-order valence-electron chi connectivity index (χ1n) is 7.05. The van der Waals surface area contributed by atoms with E-state index >= 15 is 0 Å². The molecule has 1 spiro atoms. The summed E-state index contributed by atoms with van der Waals surface area (Å²) < 4.78 is 0. The van der Waals surface area contributed by atoms with Crippen molar-refractivity contribution in [3.05, 3.63) is 21.9 Å². The average Bonchev–Trinajstić information content (AvgIpc) is 2.82. The number of nitrogens with one attached hydrogen (secondary N) is 1. The number of hydrogen-bond donors (Lipinski definition) is 1. The first-order chi connectivity index (χ1) is 8.71. The number of hydrogen-bond acceptors (Lipinski definition) is 2. The molecular weight excluding hydrogens is 242 g/mol. The highest BCUT2D eigenvalue weighted by molar-refractivity contribution is 7.10. The first kappa shape index (κ1) is 12.2. The Morgan fingerprint density at radius 2 is 2.11 bits per heavy atom. The summed E-state index contributed by atoms with van der Waals surface area (Å²) in [6.07, 6.45) is 9.06. The average molecular weight is 263 g/mol. The minimum atomic E-state index is 0.115. The fraction of sp³-hybridized carbons (Fsp3) is 0.667. The van der Waals surface area contributed by atoms with Crippen LogP contribution in [0.2, 0.25) is 0 Å². The maximum Gasteiger partial charge on any atom is 0.217 e. The third-order valence-electron chi connectivity index (χ3n) is 4.75. The summed E-state index contributed by atoms with van der Waals surface area (Å²) in [7, 11) is 0. The van der Waals surface area contributed by atoms with E-state index in [2.05, 4.69) is 16.8 Å². The number of amides is 1. The van der Waals surface area contributed by atoms with Crippen LogP contribution in [-0.4, -0.2) is 5.91 Å². The first-order valence-corrected chi connectivity index (χ1v) is 7.93. The lowest BCUT2D eigenvalue weighted by Gasteiger charge is -2.47. The second kappa shape index (κ2) is 4.69. The molecule has 18 heavy (non-hydrogen) atoms. The summed E-state index contributed by atoms with van der Waals surface area (Å²) in [5.41, 5.74) is 1.75. The maximum atomic E-state index is 11.6. The summed E-state index contributed by atoms with van der Waals surface area (Å²) >= 11 is 1.85. The molecule has 98 valence electrons. The van der Waals surface area contributed by atoms with Gasteiger partial charge in [-0.2, -0.15) is 0 Å². The van der Waals surface area contributed by atoms with Gasteiger partial charge >= 0.3 is 0 Å². The Morgan fingerprint density at radius 1 is 1.33 bits per heavy atom. The summed E-state index contributed by atoms with van der Waals surface area (Å²) in [6.45, 7) is 1.65. The minimum absolute atomic E-state index is 0.115. The smallest absolute Gasteiger partial charge is 0.217 e. The van der Waals surface area contributed by atoms with E-state index in [-0.39, 0.29) is 11.9 Å². The fourth-order valence-electron chi connectivity index (χ4n) is 3.88. The van der Waals surface area contributed by atoms with Crippen molar-refractivity contribution in [2.75, 3.05) is 0 Å². The van der Waals surface area contributed by atoms with E-state index in [1.807, 2.05) is 11.3 Å². The van der Waals surface area contributed by atoms with E-state index in [0.29, 0.717) is 5.41 Å². The standard InChI is InChI=1S/C15H21NOS/c1-11(17)16-14-12-6-10-18-13(12)5-9-15(14)7-3-2-4-8-15/h6,10,14H,2-5,7-9H2,1H3,(H,16,17). The third kappa shape index (κ3) is 1.99. The Morgan fingerprint density at radius 3 is 2.83 bits per heavy atom. The minimum Gasteiger partial charge on any atom is -0.349 e. The second-order valence-electron chi connectivity index (χ2n) is 5.86. The zero-order valence-corrected chi connectivity index (χ0v) is 11.8. The van der Waals surface area contributed by atoms with Crippen LogP contribution in [-0.2, 0) is 11.2 Å². The van der Waals surface area contributed by atoms with E-state index in [9.17, 15) is 4.79 Å². The second-order valence-corrected chi connectivity index (χ2v) is 6.86. The van der Waals surface area contributed by atoms with Crippen molar-refractivity contribution >= 4 is 17.2 Å². The SMILES string of the molecule is CC(=O)NC1c2ccsc2CCC12CCCCC2. The Bertz CT molecular complexity index is 445. The van der Waals surface area contributed by atoms with Gasteiger partial charge in [0.05, 0.1) is 6.04 Å². The van der Waals surface area contributed by atoms with Gasteiger partial charge in [0.1, 0.15) is 0 Å². The molecule has 3 rings (SSSR count). The molecule has 1 amide bonds. The quantitative estimate of drug-likeness (QED) is 0.820. The molecule has 1 atom stereocenters. The number of carbonyl (C=O) groups excluding carboxylic acids is 1. The molecule has 0 saturated heterocycles. The summed E-state index contributed by atoms with van der Waals surface area (Å²) in [5, 5.41) is 5.43. The molecule has 2 aliphatic carbocycles. The van der Waals surface area contributed by atoms with Crippen LogP contribution in [0.3, 0.4) is 0 Å². The lowest BCUT2D eigenvalue weighted by molar-refractivity contribution is -0.121. The van der Waals surface area contributed by atoms with Gasteiger partial charge in [0.25, 0.3) is 0 Å². The molecule has 3 heteroatoms. The molecule has 1 unspecified atom stereocenters. The van der Waals surface area contributed by atoms with Crippen molar-refractivity contribution in [1.82, 2.24) is 5.32 Å². The van der Waals surface area contributed by atoms with Crippen LogP contribution in [0.1, 0.15) is 61.9 Å². The zero-order chi connectivity index (χ0) is 12.6. The Balaban J connectivity index is 1.96.